The van der Waals surface area contributed by atoms with Crippen LogP contribution in [-0.2, 0) is 0 Å². The number of amides is 1. The summed E-state index contributed by atoms with van der Waals surface area (Å²) in [5.41, 5.74) is 4.23. The molecule has 0 aliphatic heterocycles. The second kappa shape index (κ2) is 10.2. The maximum absolute atomic E-state index is 12.5. The highest BCUT2D eigenvalue weighted by molar-refractivity contribution is 7.80. The monoisotopic (exact) mass is 493 g/mol. The number of nitrogens with one attached hydrogen (secondary N) is 2. The number of oxazole rings is 1. The molecule has 0 saturated carbocycles. The Bertz CT molecular complexity index is 1350. The SMILES string of the molecule is CC[C@H](C)Oc1ccc(C(=O)NC(=S)Nc2ccc3oc(-c4ccc(C)c(Cl)c4)nc3c2)cc1. The van der Waals surface area contributed by atoms with Crippen LogP contribution in [0.3, 0.4) is 0 Å². The molecule has 1 heterocycles. The number of aryl methyl sites for hydroxylation is 1. The van der Waals surface area contributed by atoms with Crippen molar-refractivity contribution in [2.45, 2.75) is 33.3 Å². The highest BCUT2D eigenvalue weighted by atomic mass is 35.5. The first-order valence-electron chi connectivity index (χ1n) is 10.9. The molecule has 1 aromatic heterocycles. The number of nitrogens with zero attached hydrogens (tertiary/aromatic N) is 1. The number of carbonyl (C=O) groups excluding carboxylic acids is 1. The minimum Gasteiger partial charge on any atom is -0.491 e. The zero-order valence-electron chi connectivity index (χ0n) is 19.0. The smallest absolute Gasteiger partial charge is 0.257 e. The molecule has 174 valence electrons. The molecule has 0 fully saturated rings. The molecule has 8 heteroatoms. The molecule has 34 heavy (non-hydrogen) atoms. The Hall–Kier alpha value is -3.42. The summed E-state index contributed by atoms with van der Waals surface area (Å²) in [6.45, 7) is 6.00. The van der Waals surface area contributed by atoms with E-state index >= 15 is 0 Å². The van der Waals surface area contributed by atoms with Gasteiger partial charge in [0.05, 0.1) is 6.10 Å². The van der Waals surface area contributed by atoms with E-state index in [0.717, 1.165) is 23.3 Å². The maximum atomic E-state index is 12.5. The molecule has 4 aromatic rings. The van der Waals surface area contributed by atoms with E-state index in [0.29, 0.717) is 33.3 Å². The molecule has 1 amide bonds. The van der Waals surface area contributed by atoms with E-state index in [-0.39, 0.29) is 17.1 Å². The van der Waals surface area contributed by atoms with Crippen molar-refractivity contribution in [1.82, 2.24) is 10.3 Å². The lowest BCUT2D eigenvalue weighted by Gasteiger charge is -2.13. The highest BCUT2D eigenvalue weighted by Gasteiger charge is 2.12. The predicted molar refractivity (Wildman–Crippen MR) is 140 cm³/mol. The summed E-state index contributed by atoms with van der Waals surface area (Å²) in [5.74, 6) is 0.888. The molecule has 0 saturated heterocycles. The van der Waals surface area contributed by atoms with Crippen LogP contribution in [0, 0.1) is 6.92 Å². The summed E-state index contributed by atoms with van der Waals surface area (Å²) in [6, 6.07) is 18.0. The minimum absolute atomic E-state index is 0.115. The van der Waals surface area contributed by atoms with Gasteiger partial charge in [0.15, 0.2) is 10.7 Å². The molecule has 0 spiro atoms. The zero-order valence-corrected chi connectivity index (χ0v) is 20.6. The van der Waals surface area contributed by atoms with Crippen LogP contribution in [0.4, 0.5) is 5.69 Å². The first-order valence-corrected chi connectivity index (χ1v) is 11.7. The fourth-order valence-corrected chi connectivity index (χ4v) is 3.58. The van der Waals surface area contributed by atoms with E-state index in [9.17, 15) is 4.79 Å². The van der Waals surface area contributed by atoms with Crippen molar-refractivity contribution in [3.8, 4) is 17.2 Å². The van der Waals surface area contributed by atoms with Crippen LogP contribution in [0.5, 0.6) is 5.75 Å². The van der Waals surface area contributed by atoms with E-state index in [4.69, 9.17) is 33.0 Å². The summed E-state index contributed by atoms with van der Waals surface area (Å²) in [5, 5.41) is 6.54. The van der Waals surface area contributed by atoms with Gasteiger partial charge in [-0.1, -0.05) is 24.6 Å². The Balaban J connectivity index is 1.41. The highest BCUT2D eigenvalue weighted by Crippen LogP contribution is 2.29. The third-order valence-electron chi connectivity index (χ3n) is 5.32. The fraction of sp³-hybridized carbons (Fsp3) is 0.192. The molecule has 6 nitrogen and oxygen atoms in total. The lowest BCUT2D eigenvalue weighted by molar-refractivity contribution is 0.0977. The van der Waals surface area contributed by atoms with Gasteiger partial charge in [-0.15, -0.1) is 0 Å². The van der Waals surface area contributed by atoms with Gasteiger partial charge in [0, 0.05) is 21.8 Å². The number of fused-ring (bicyclic) bond motifs is 1. The average molecular weight is 494 g/mol. The second-order valence-electron chi connectivity index (χ2n) is 7.93. The molecular weight excluding hydrogens is 470 g/mol. The third kappa shape index (κ3) is 5.55. The van der Waals surface area contributed by atoms with Crippen molar-refractivity contribution >= 4 is 51.6 Å². The summed E-state index contributed by atoms with van der Waals surface area (Å²) in [4.78, 5) is 17.1. The number of hydrogen-bond acceptors (Lipinski definition) is 5. The van der Waals surface area contributed by atoms with Crippen LogP contribution in [-0.4, -0.2) is 22.1 Å². The number of aromatic nitrogens is 1. The van der Waals surface area contributed by atoms with E-state index < -0.39 is 0 Å². The van der Waals surface area contributed by atoms with Crippen LogP contribution in [0.25, 0.3) is 22.6 Å². The number of anilines is 1. The number of halogens is 1. The molecule has 4 rings (SSSR count). The largest absolute Gasteiger partial charge is 0.491 e. The molecule has 2 N–H and O–H groups in total. The Kier molecular flexibility index (Phi) is 7.14. The van der Waals surface area contributed by atoms with E-state index in [2.05, 4.69) is 22.5 Å². The summed E-state index contributed by atoms with van der Waals surface area (Å²) in [6.07, 6.45) is 1.02. The van der Waals surface area contributed by atoms with E-state index in [1.54, 1.807) is 42.5 Å². The minimum atomic E-state index is -0.311. The fourth-order valence-electron chi connectivity index (χ4n) is 3.19. The number of thiocarbonyl (C=S) groups is 1. The van der Waals surface area contributed by atoms with E-state index in [1.807, 2.05) is 32.0 Å². The van der Waals surface area contributed by atoms with Gasteiger partial charge in [0.2, 0.25) is 5.89 Å². The number of ether oxygens (including phenoxy) is 1. The normalized spacial score (nSPS) is 11.8. The number of hydrogen-bond donors (Lipinski definition) is 2. The summed E-state index contributed by atoms with van der Waals surface area (Å²) in [7, 11) is 0. The predicted octanol–water partition coefficient (Wildman–Crippen LogP) is 6.76. The molecule has 0 unspecified atom stereocenters. The molecule has 0 aliphatic carbocycles. The first-order chi connectivity index (χ1) is 16.3. The number of rotatable bonds is 6. The lowest BCUT2D eigenvalue weighted by Crippen LogP contribution is -2.34. The lowest BCUT2D eigenvalue weighted by atomic mass is 10.1. The van der Waals surface area contributed by atoms with Crippen LogP contribution in [0.2, 0.25) is 5.02 Å². The standard InChI is InChI=1S/C26H24ClN3O3S/c1-4-16(3)32-20-10-7-17(8-11-20)24(31)30-26(34)28-19-9-12-23-22(14-19)29-25(33-23)18-6-5-15(2)21(27)13-18/h5-14,16H,4H2,1-3H3,(H2,28,30,31,34)/t16-/m0/s1. The Morgan fingerprint density at radius 3 is 2.62 bits per heavy atom. The number of carbonyl (C=O) groups is 1. The van der Waals surface area contributed by atoms with Gasteiger partial charge >= 0.3 is 0 Å². The van der Waals surface area contributed by atoms with Crippen LogP contribution >= 0.6 is 23.8 Å². The van der Waals surface area contributed by atoms with Crippen molar-refractivity contribution in [2.24, 2.45) is 0 Å². The van der Waals surface area contributed by atoms with Gasteiger partial charge in [-0.2, -0.15) is 0 Å². The van der Waals surface area contributed by atoms with Crippen molar-refractivity contribution in [3.63, 3.8) is 0 Å². The van der Waals surface area contributed by atoms with Gasteiger partial charge in [-0.3, -0.25) is 10.1 Å². The molecule has 1 atom stereocenters. The molecular formula is C26H24ClN3O3S. The molecule has 0 aliphatic rings. The summed E-state index contributed by atoms with van der Waals surface area (Å²) >= 11 is 11.5. The van der Waals surface area contributed by atoms with Gasteiger partial charge in [-0.25, -0.2) is 4.98 Å². The van der Waals surface area contributed by atoms with Gasteiger partial charge in [0.25, 0.3) is 5.91 Å². The van der Waals surface area contributed by atoms with Crippen LogP contribution < -0.4 is 15.4 Å². The topological polar surface area (TPSA) is 76.4 Å². The average Bonchev–Trinajstić information content (AvgIpc) is 3.24. The quantitative estimate of drug-likeness (QED) is 0.289. The Morgan fingerprint density at radius 2 is 1.91 bits per heavy atom. The molecule has 0 radical (unpaired) electrons. The Labute approximate surface area is 208 Å². The summed E-state index contributed by atoms with van der Waals surface area (Å²) < 4.78 is 11.6. The van der Waals surface area contributed by atoms with Gasteiger partial charge < -0.3 is 14.5 Å². The van der Waals surface area contributed by atoms with Crippen molar-refractivity contribution < 1.29 is 13.9 Å². The number of benzene rings is 3. The van der Waals surface area contributed by atoms with Gasteiger partial charge in [-0.05, 0) is 92.6 Å². The third-order valence-corrected chi connectivity index (χ3v) is 5.93. The molecule has 0 bridgehead atoms. The Morgan fingerprint density at radius 1 is 1.15 bits per heavy atom. The first kappa shape index (κ1) is 23.7. The van der Waals surface area contributed by atoms with Crippen LogP contribution in [0.1, 0.15) is 36.2 Å². The zero-order chi connectivity index (χ0) is 24.2. The van der Waals surface area contributed by atoms with Crippen LogP contribution in [0.15, 0.2) is 65.1 Å². The molecule has 3 aromatic carbocycles. The van der Waals surface area contributed by atoms with Crippen molar-refractivity contribution in [3.05, 3.63) is 76.8 Å². The van der Waals surface area contributed by atoms with Crippen molar-refractivity contribution in [2.75, 3.05) is 5.32 Å². The van der Waals surface area contributed by atoms with Gasteiger partial charge in [0.1, 0.15) is 11.3 Å². The maximum Gasteiger partial charge on any atom is 0.257 e. The van der Waals surface area contributed by atoms with Crippen molar-refractivity contribution in [1.29, 1.82) is 0 Å². The second-order valence-corrected chi connectivity index (χ2v) is 8.75. The van der Waals surface area contributed by atoms with E-state index in [1.165, 1.54) is 0 Å².